The summed E-state index contributed by atoms with van der Waals surface area (Å²) in [4.78, 5) is 6.93. The van der Waals surface area contributed by atoms with Gasteiger partial charge in [0.2, 0.25) is 5.88 Å². The minimum atomic E-state index is 0.464. The van der Waals surface area contributed by atoms with Gasteiger partial charge < -0.3 is 15.4 Å². The van der Waals surface area contributed by atoms with Crippen molar-refractivity contribution in [3.05, 3.63) is 12.1 Å². The molecule has 4 nitrogen and oxygen atoms in total. The van der Waals surface area contributed by atoms with Crippen molar-refractivity contribution in [1.82, 2.24) is 4.98 Å². The Hall–Kier alpha value is -1.10. The summed E-state index contributed by atoms with van der Waals surface area (Å²) in [7, 11) is 0. The molecule has 1 aromatic heterocycles. The van der Waals surface area contributed by atoms with Crippen molar-refractivity contribution < 1.29 is 4.74 Å². The van der Waals surface area contributed by atoms with Crippen molar-refractivity contribution in [2.45, 2.75) is 38.2 Å². The summed E-state index contributed by atoms with van der Waals surface area (Å²) >= 11 is 2.04. The number of aromatic nitrogens is 1. The predicted octanol–water partition coefficient (Wildman–Crippen LogP) is 3.03. The van der Waals surface area contributed by atoms with E-state index in [-0.39, 0.29) is 0 Å². The molecule has 0 aromatic carbocycles. The van der Waals surface area contributed by atoms with E-state index in [4.69, 9.17) is 10.5 Å². The highest BCUT2D eigenvalue weighted by atomic mass is 32.2. The van der Waals surface area contributed by atoms with E-state index in [0.717, 1.165) is 18.9 Å². The monoisotopic (exact) mass is 295 g/mol. The molecule has 0 bridgehead atoms. The van der Waals surface area contributed by atoms with Gasteiger partial charge in [0.25, 0.3) is 0 Å². The topological polar surface area (TPSA) is 51.4 Å². The van der Waals surface area contributed by atoms with E-state index in [1.807, 2.05) is 23.9 Å². The normalized spacial score (nSPS) is 23.1. The number of hydrogen-bond acceptors (Lipinski definition) is 5. The van der Waals surface area contributed by atoms with Gasteiger partial charge in [0, 0.05) is 23.6 Å². The first-order valence-corrected chi connectivity index (χ1v) is 8.19. The quantitative estimate of drug-likeness (QED) is 0.925. The van der Waals surface area contributed by atoms with Gasteiger partial charge in [-0.2, -0.15) is 16.7 Å². The maximum Gasteiger partial charge on any atom is 0.239 e. The molecule has 1 aliphatic rings. The smallest absolute Gasteiger partial charge is 0.239 e. The molecular weight excluding hydrogens is 270 g/mol. The van der Waals surface area contributed by atoms with Gasteiger partial charge in [-0.25, -0.2) is 0 Å². The summed E-state index contributed by atoms with van der Waals surface area (Å²) in [5, 5.41) is 1.25. The highest BCUT2D eigenvalue weighted by Gasteiger charge is 2.23. The van der Waals surface area contributed by atoms with Gasteiger partial charge in [-0.1, -0.05) is 27.7 Å². The van der Waals surface area contributed by atoms with Crippen LogP contribution in [0.25, 0.3) is 0 Å². The zero-order valence-electron chi connectivity index (χ0n) is 12.8. The number of ether oxygens (including phenoxy) is 1. The second-order valence-corrected chi connectivity index (χ2v) is 7.81. The van der Waals surface area contributed by atoms with Gasteiger partial charge in [0.15, 0.2) is 0 Å². The number of thioether (sulfide) groups is 1. The fraction of sp³-hybridized carbons (Fsp3) is 0.667. The molecule has 2 atom stereocenters. The largest absolute Gasteiger partial charge is 0.476 e. The molecule has 0 amide bonds. The predicted molar refractivity (Wildman–Crippen MR) is 87.7 cm³/mol. The Balaban J connectivity index is 2.13. The number of nitrogens with zero attached hydrogens (tertiary/aromatic N) is 2. The lowest BCUT2D eigenvalue weighted by Crippen LogP contribution is -2.40. The van der Waals surface area contributed by atoms with Gasteiger partial charge >= 0.3 is 0 Å². The minimum Gasteiger partial charge on any atom is -0.476 e. The molecule has 0 radical (unpaired) electrons. The lowest BCUT2D eigenvalue weighted by molar-refractivity contribution is 0.263. The summed E-state index contributed by atoms with van der Waals surface area (Å²) in [6.07, 6.45) is 0. The SMILES string of the molecule is CC(C)COc1nc(N2CC(C)SC(C)C2)ccc1N. The Labute approximate surface area is 126 Å². The van der Waals surface area contributed by atoms with Crippen LogP contribution in [0.4, 0.5) is 11.5 Å². The van der Waals surface area contributed by atoms with Crippen LogP contribution >= 0.6 is 11.8 Å². The van der Waals surface area contributed by atoms with Crippen molar-refractivity contribution >= 4 is 23.3 Å². The number of anilines is 2. The lowest BCUT2D eigenvalue weighted by Gasteiger charge is -2.35. The first-order valence-electron chi connectivity index (χ1n) is 7.25. The van der Waals surface area contributed by atoms with Crippen LogP contribution in [0.1, 0.15) is 27.7 Å². The van der Waals surface area contributed by atoms with Gasteiger partial charge in [-0.15, -0.1) is 0 Å². The highest BCUT2D eigenvalue weighted by Crippen LogP contribution is 2.30. The van der Waals surface area contributed by atoms with Crippen LogP contribution in [0.3, 0.4) is 0 Å². The molecular formula is C15H25N3OS. The van der Waals surface area contributed by atoms with Crippen molar-refractivity contribution in [2.75, 3.05) is 30.3 Å². The minimum absolute atomic E-state index is 0.464. The first-order chi connectivity index (χ1) is 9.45. The molecule has 0 saturated carbocycles. The van der Waals surface area contributed by atoms with Crippen molar-refractivity contribution in [3.63, 3.8) is 0 Å². The molecule has 1 saturated heterocycles. The molecule has 1 aliphatic heterocycles. The molecule has 0 aliphatic carbocycles. The molecule has 0 spiro atoms. The Bertz CT molecular complexity index is 443. The van der Waals surface area contributed by atoms with E-state index in [9.17, 15) is 0 Å². The third kappa shape index (κ3) is 3.95. The average molecular weight is 295 g/mol. The van der Waals surface area contributed by atoms with Crippen molar-refractivity contribution in [1.29, 1.82) is 0 Å². The standard InChI is InChI=1S/C15H25N3OS/c1-10(2)9-19-15-13(16)5-6-14(17-15)18-7-11(3)20-12(4)8-18/h5-6,10-12H,7-9,16H2,1-4H3. The summed E-state index contributed by atoms with van der Waals surface area (Å²) < 4.78 is 5.72. The summed E-state index contributed by atoms with van der Waals surface area (Å²) in [6.45, 7) is 11.5. The molecule has 1 fully saturated rings. The van der Waals surface area contributed by atoms with E-state index >= 15 is 0 Å². The summed E-state index contributed by atoms with van der Waals surface area (Å²) in [6, 6.07) is 3.89. The Morgan fingerprint density at radius 2 is 2.00 bits per heavy atom. The van der Waals surface area contributed by atoms with Crippen LogP contribution in [0.2, 0.25) is 0 Å². The second-order valence-electron chi connectivity index (χ2n) is 5.93. The number of nitrogens with two attached hydrogens (primary N) is 1. The zero-order chi connectivity index (χ0) is 14.7. The second kappa shape index (κ2) is 6.57. The van der Waals surface area contributed by atoms with Gasteiger partial charge in [0.1, 0.15) is 5.82 Å². The van der Waals surface area contributed by atoms with E-state index in [0.29, 0.717) is 34.6 Å². The van der Waals surface area contributed by atoms with Gasteiger partial charge in [0.05, 0.1) is 12.3 Å². The van der Waals surface area contributed by atoms with E-state index in [2.05, 4.69) is 37.6 Å². The van der Waals surface area contributed by atoms with Crippen LogP contribution < -0.4 is 15.4 Å². The van der Waals surface area contributed by atoms with E-state index < -0.39 is 0 Å². The highest BCUT2D eigenvalue weighted by molar-refractivity contribution is 8.00. The number of nitrogen functional groups attached to an aromatic ring is 1. The molecule has 20 heavy (non-hydrogen) atoms. The van der Waals surface area contributed by atoms with Crippen LogP contribution in [-0.2, 0) is 0 Å². The van der Waals surface area contributed by atoms with E-state index in [1.54, 1.807) is 0 Å². The first kappa shape index (κ1) is 15.3. The Morgan fingerprint density at radius 1 is 1.35 bits per heavy atom. The number of pyridine rings is 1. The summed E-state index contributed by atoms with van der Waals surface area (Å²) in [5.74, 6) is 2.00. The van der Waals surface area contributed by atoms with E-state index in [1.165, 1.54) is 0 Å². The molecule has 5 heteroatoms. The van der Waals surface area contributed by atoms with Crippen LogP contribution in [0, 0.1) is 5.92 Å². The van der Waals surface area contributed by atoms with Crippen molar-refractivity contribution in [2.24, 2.45) is 5.92 Å². The third-order valence-corrected chi connectivity index (χ3v) is 4.40. The molecule has 2 N–H and O–H groups in total. The van der Waals surface area contributed by atoms with Crippen LogP contribution in [-0.4, -0.2) is 35.2 Å². The zero-order valence-corrected chi connectivity index (χ0v) is 13.6. The Morgan fingerprint density at radius 3 is 2.60 bits per heavy atom. The average Bonchev–Trinajstić information content (AvgIpc) is 2.36. The fourth-order valence-corrected chi connectivity index (χ4v) is 3.67. The molecule has 112 valence electrons. The van der Waals surface area contributed by atoms with Crippen LogP contribution in [0.5, 0.6) is 5.88 Å². The molecule has 2 heterocycles. The Kier molecular flexibility index (Phi) is 5.02. The maximum absolute atomic E-state index is 5.95. The summed E-state index contributed by atoms with van der Waals surface area (Å²) in [5.41, 5.74) is 6.56. The maximum atomic E-state index is 5.95. The fourth-order valence-electron chi connectivity index (χ4n) is 2.34. The number of rotatable bonds is 4. The van der Waals surface area contributed by atoms with Crippen LogP contribution in [0.15, 0.2) is 12.1 Å². The lowest BCUT2D eigenvalue weighted by atomic mass is 10.2. The third-order valence-electron chi connectivity index (χ3n) is 3.17. The number of hydrogen-bond donors (Lipinski definition) is 1. The van der Waals surface area contributed by atoms with Gasteiger partial charge in [-0.05, 0) is 18.1 Å². The van der Waals surface area contributed by atoms with Crippen molar-refractivity contribution in [3.8, 4) is 5.88 Å². The molecule has 2 rings (SSSR count). The van der Waals surface area contributed by atoms with Gasteiger partial charge in [-0.3, -0.25) is 0 Å². The molecule has 2 unspecified atom stereocenters. The molecule has 1 aromatic rings.